The Balaban J connectivity index is 1.86. The number of anilines is 1. The first-order valence-corrected chi connectivity index (χ1v) is 9.41. The third kappa shape index (κ3) is 6.09. The summed E-state index contributed by atoms with van der Waals surface area (Å²) in [6.45, 7) is 6.61. The van der Waals surface area contributed by atoms with Crippen molar-refractivity contribution in [3.8, 4) is 0 Å². The van der Waals surface area contributed by atoms with E-state index in [9.17, 15) is 13.2 Å². The van der Waals surface area contributed by atoms with Gasteiger partial charge in [0.2, 0.25) is 0 Å². The molecular formula is C17H23F3N6S. The van der Waals surface area contributed by atoms with Crippen LogP contribution in [0.15, 0.2) is 28.7 Å². The van der Waals surface area contributed by atoms with Gasteiger partial charge in [0.15, 0.2) is 11.7 Å². The Morgan fingerprint density at radius 1 is 1.19 bits per heavy atom. The van der Waals surface area contributed by atoms with Crippen molar-refractivity contribution in [3.05, 3.63) is 40.0 Å². The molecule has 0 fully saturated rings. The third-order valence-electron chi connectivity index (χ3n) is 3.83. The van der Waals surface area contributed by atoms with Crippen molar-refractivity contribution in [3.63, 3.8) is 0 Å². The number of aromatic nitrogens is 2. The predicted molar refractivity (Wildman–Crippen MR) is 102 cm³/mol. The predicted octanol–water partition coefficient (Wildman–Crippen LogP) is 3.27. The van der Waals surface area contributed by atoms with Gasteiger partial charge in [0, 0.05) is 38.3 Å². The molecular weight excluding hydrogens is 377 g/mol. The van der Waals surface area contributed by atoms with Crippen LogP contribution >= 0.6 is 11.3 Å². The number of hydrogen-bond acceptors (Lipinski definition) is 5. The first kappa shape index (κ1) is 20.9. The zero-order valence-electron chi connectivity index (χ0n) is 15.5. The normalized spacial score (nSPS) is 12.1. The number of hydrogen-bond donors (Lipinski definition) is 2. The van der Waals surface area contributed by atoms with E-state index in [4.69, 9.17) is 0 Å². The lowest BCUT2D eigenvalue weighted by atomic mass is 10.2. The summed E-state index contributed by atoms with van der Waals surface area (Å²) in [5.74, 6) is 1.40. The van der Waals surface area contributed by atoms with E-state index < -0.39 is 11.9 Å². The van der Waals surface area contributed by atoms with E-state index >= 15 is 0 Å². The van der Waals surface area contributed by atoms with E-state index in [-0.39, 0.29) is 6.54 Å². The van der Waals surface area contributed by atoms with E-state index in [1.165, 1.54) is 0 Å². The maximum absolute atomic E-state index is 12.6. The van der Waals surface area contributed by atoms with Crippen LogP contribution in [0.2, 0.25) is 0 Å². The number of nitrogens with zero attached hydrogens (tertiary/aromatic N) is 4. The third-order valence-corrected chi connectivity index (χ3v) is 4.68. The maximum Gasteiger partial charge on any atom is 0.434 e. The van der Waals surface area contributed by atoms with Crippen LogP contribution in [-0.4, -0.2) is 36.1 Å². The summed E-state index contributed by atoms with van der Waals surface area (Å²) in [5.41, 5.74) is 0.106. The van der Waals surface area contributed by atoms with Crippen molar-refractivity contribution in [2.75, 3.05) is 25.0 Å². The van der Waals surface area contributed by atoms with Gasteiger partial charge in [-0.3, -0.25) is 4.99 Å². The number of thiazole rings is 1. The molecule has 0 bridgehead atoms. The molecule has 6 nitrogen and oxygen atoms in total. The molecule has 2 N–H and O–H groups in total. The number of pyridine rings is 1. The lowest BCUT2D eigenvalue weighted by Crippen LogP contribution is -2.36. The maximum atomic E-state index is 12.6. The van der Waals surface area contributed by atoms with Crippen LogP contribution < -0.4 is 15.5 Å². The Hall–Kier alpha value is -2.36. The molecule has 2 aromatic rings. The van der Waals surface area contributed by atoms with E-state index in [1.54, 1.807) is 13.2 Å². The molecule has 2 heterocycles. The van der Waals surface area contributed by atoms with Gasteiger partial charge in [-0.05, 0) is 25.5 Å². The molecule has 10 heteroatoms. The van der Waals surface area contributed by atoms with Crippen molar-refractivity contribution in [2.24, 2.45) is 4.99 Å². The van der Waals surface area contributed by atoms with Crippen molar-refractivity contribution in [1.82, 2.24) is 20.6 Å². The molecule has 0 unspecified atom stereocenters. The minimum Gasteiger partial charge on any atom is -0.357 e. The van der Waals surface area contributed by atoms with Gasteiger partial charge >= 0.3 is 6.18 Å². The molecule has 0 saturated heterocycles. The zero-order chi connectivity index (χ0) is 19.9. The fraction of sp³-hybridized carbons (Fsp3) is 0.471. The summed E-state index contributed by atoms with van der Waals surface area (Å²) in [7, 11) is 1.60. The lowest BCUT2D eigenvalue weighted by Gasteiger charge is -2.19. The summed E-state index contributed by atoms with van der Waals surface area (Å²) in [6.07, 6.45) is -2.62. The summed E-state index contributed by atoms with van der Waals surface area (Å²) in [5, 5.41) is 7.42. The number of alkyl halides is 3. The molecule has 27 heavy (non-hydrogen) atoms. The summed E-state index contributed by atoms with van der Waals surface area (Å²) >= 11 is 0.961. The fourth-order valence-electron chi connectivity index (χ4n) is 2.34. The molecule has 2 aromatic heterocycles. The van der Waals surface area contributed by atoms with Crippen molar-refractivity contribution in [2.45, 2.75) is 33.1 Å². The standard InChI is InChI=1S/C17H23F3N6S/c1-4-26(5-2)14-7-6-12(8-22-14)9-23-16(21-3)24-10-15-25-13(11-27-15)17(18,19)20/h6-8,11H,4-5,9-10H2,1-3H3,(H2,21,23,24). The smallest absolute Gasteiger partial charge is 0.357 e. The molecule has 0 radical (unpaired) electrons. The van der Waals surface area contributed by atoms with Crippen LogP contribution in [0.1, 0.15) is 30.1 Å². The summed E-state index contributed by atoms with van der Waals surface area (Å²) in [6, 6.07) is 3.95. The largest absolute Gasteiger partial charge is 0.434 e. The van der Waals surface area contributed by atoms with E-state index in [0.29, 0.717) is 17.5 Å². The minimum atomic E-state index is -4.42. The molecule has 0 aliphatic rings. The number of guanidine groups is 1. The Morgan fingerprint density at radius 2 is 1.89 bits per heavy atom. The van der Waals surface area contributed by atoms with E-state index in [2.05, 4.69) is 44.3 Å². The molecule has 0 saturated carbocycles. The summed E-state index contributed by atoms with van der Waals surface area (Å²) in [4.78, 5) is 14.3. The second-order valence-electron chi connectivity index (χ2n) is 5.60. The van der Waals surface area contributed by atoms with Crippen LogP contribution in [0.3, 0.4) is 0 Å². The Bertz CT molecular complexity index is 738. The van der Waals surface area contributed by atoms with Gasteiger partial charge in [0.05, 0.1) is 6.54 Å². The molecule has 0 aliphatic heterocycles. The average Bonchev–Trinajstić information content (AvgIpc) is 3.13. The van der Waals surface area contributed by atoms with Crippen LogP contribution in [0.25, 0.3) is 0 Å². The molecule has 0 aliphatic carbocycles. The SMILES string of the molecule is CCN(CC)c1ccc(CNC(=NC)NCc2nc(C(F)(F)F)cs2)cn1. The quantitative estimate of drug-likeness (QED) is 0.552. The van der Waals surface area contributed by atoms with Crippen LogP contribution in [0, 0.1) is 0 Å². The number of halogens is 3. The van der Waals surface area contributed by atoms with Gasteiger partial charge in [-0.25, -0.2) is 9.97 Å². The minimum absolute atomic E-state index is 0.166. The topological polar surface area (TPSA) is 65.4 Å². The van der Waals surface area contributed by atoms with Gasteiger partial charge in [0.25, 0.3) is 0 Å². The van der Waals surface area contributed by atoms with Gasteiger partial charge in [-0.15, -0.1) is 11.3 Å². The summed E-state index contributed by atoms with van der Waals surface area (Å²) < 4.78 is 37.7. The van der Waals surface area contributed by atoms with Crippen LogP contribution in [0.4, 0.5) is 19.0 Å². The number of rotatable bonds is 7. The zero-order valence-corrected chi connectivity index (χ0v) is 16.3. The van der Waals surface area contributed by atoms with E-state index in [1.807, 2.05) is 12.1 Å². The first-order chi connectivity index (χ1) is 12.9. The van der Waals surface area contributed by atoms with Gasteiger partial charge in [0.1, 0.15) is 10.8 Å². The fourth-order valence-corrected chi connectivity index (χ4v) is 3.08. The lowest BCUT2D eigenvalue weighted by molar-refractivity contribution is -0.140. The highest BCUT2D eigenvalue weighted by Gasteiger charge is 2.33. The molecule has 0 aromatic carbocycles. The monoisotopic (exact) mass is 400 g/mol. The van der Waals surface area contributed by atoms with Gasteiger partial charge in [-0.2, -0.15) is 13.2 Å². The second-order valence-corrected chi connectivity index (χ2v) is 6.54. The Labute approximate surface area is 160 Å². The van der Waals surface area contributed by atoms with Crippen molar-refractivity contribution < 1.29 is 13.2 Å². The molecule has 0 atom stereocenters. The van der Waals surface area contributed by atoms with Crippen molar-refractivity contribution in [1.29, 1.82) is 0 Å². The highest BCUT2D eigenvalue weighted by molar-refractivity contribution is 7.09. The highest BCUT2D eigenvalue weighted by Crippen LogP contribution is 2.29. The Morgan fingerprint density at radius 3 is 2.41 bits per heavy atom. The average molecular weight is 400 g/mol. The van der Waals surface area contributed by atoms with Gasteiger partial charge < -0.3 is 15.5 Å². The molecule has 0 spiro atoms. The highest BCUT2D eigenvalue weighted by atomic mass is 32.1. The second kappa shape index (κ2) is 9.54. The number of aliphatic imine (C=N–C) groups is 1. The Kier molecular flexibility index (Phi) is 7.40. The first-order valence-electron chi connectivity index (χ1n) is 8.53. The molecule has 0 amide bonds. The molecule has 148 valence electrons. The van der Waals surface area contributed by atoms with Crippen molar-refractivity contribution >= 4 is 23.1 Å². The molecule has 2 rings (SSSR count). The van der Waals surface area contributed by atoms with Crippen LogP contribution in [0.5, 0.6) is 0 Å². The number of nitrogens with one attached hydrogen (secondary N) is 2. The van der Waals surface area contributed by atoms with E-state index in [0.717, 1.165) is 41.2 Å². The van der Waals surface area contributed by atoms with Crippen LogP contribution in [-0.2, 0) is 19.3 Å². The van der Waals surface area contributed by atoms with Gasteiger partial charge in [-0.1, -0.05) is 6.07 Å².